The molecule has 3 nitrogen and oxygen atoms in total. The van der Waals surface area contributed by atoms with E-state index in [1.165, 1.54) is 31.0 Å². The number of halogens is 2. The molecule has 0 spiro atoms. The maximum atomic E-state index is 13.2. The Morgan fingerprint density at radius 1 is 1.40 bits per heavy atom. The lowest BCUT2D eigenvalue weighted by molar-refractivity contribution is 0.0900. The molecule has 20 heavy (non-hydrogen) atoms. The van der Waals surface area contributed by atoms with E-state index in [2.05, 4.69) is 40.2 Å². The van der Waals surface area contributed by atoms with E-state index in [4.69, 9.17) is 0 Å². The van der Waals surface area contributed by atoms with Crippen LogP contribution in [0.3, 0.4) is 0 Å². The van der Waals surface area contributed by atoms with Crippen LogP contribution in [0, 0.1) is 5.82 Å². The molecule has 1 fully saturated rings. The standard InChI is InChI=1S/C15H20BrFN2O/c1-19(2)15(7-3-4-8-15)10-18-14(20)11-5-6-13(17)12(16)9-11/h5-6,9H,3-4,7-8,10H2,1-2H3,(H,18,20). The van der Waals surface area contributed by atoms with Crippen LogP contribution in [0.5, 0.6) is 0 Å². The average molecular weight is 343 g/mol. The second-order valence-corrected chi connectivity index (χ2v) is 6.49. The summed E-state index contributed by atoms with van der Waals surface area (Å²) in [4.78, 5) is 14.4. The first-order chi connectivity index (χ1) is 9.44. The van der Waals surface area contributed by atoms with Gasteiger partial charge in [0.1, 0.15) is 5.82 Å². The Morgan fingerprint density at radius 3 is 2.60 bits per heavy atom. The molecule has 0 radical (unpaired) electrons. The van der Waals surface area contributed by atoms with Crippen molar-refractivity contribution in [3.05, 3.63) is 34.1 Å². The van der Waals surface area contributed by atoms with Gasteiger partial charge in [0.25, 0.3) is 5.91 Å². The number of amides is 1. The molecule has 0 heterocycles. The third-order valence-corrected chi connectivity index (χ3v) is 4.85. The van der Waals surface area contributed by atoms with Crippen LogP contribution in [0.1, 0.15) is 36.0 Å². The van der Waals surface area contributed by atoms with Crippen LogP contribution in [-0.4, -0.2) is 37.0 Å². The van der Waals surface area contributed by atoms with Crippen molar-refractivity contribution in [1.82, 2.24) is 10.2 Å². The van der Waals surface area contributed by atoms with Gasteiger partial charge in [-0.15, -0.1) is 0 Å². The molecule has 1 N–H and O–H groups in total. The Balaban J connectivity index is 2.02. The lowest BCUT2D eigenvalue weighted by atomic mass is 9.96. The predicted molar refractivity (Wildman–Crippen MR) is 81.3 cm³/mol. The molecule has 1 saturated carbocycles. The fraction of sp³-hybridized carbons (Fsp3) is 0.533. The van der Waals surface area contributed by atoms with Crippen LogP contribution < -0.4 is 5.32 Å². The van der Waals surface area contributed by atoms with Crippen LogP contribution in [0.4, 0.5) is 4.39 Å². The van der Waals surface area contributed by atoms with E-state index in [0.717, 1.165) is 12.8 Å². The molecule has 0 atom stereocenters. The second-order valence-electron chi connectivity index (χ2n) is 5.64. The lowest BCUT2D eigenvalue weighted by Crippen LogP contribution is -2.50. The van der Waals surface area contributed by atoms with Gasteiger partial charge in [-0.2, -0.15) is 0 Å². The van der Waals surface area contributed by atoms with Gasteiger partial charge in [0.15, 0.2) is 0 Å². The van der Waals surface area contributed by atoms with Gasteiger partial charge >= 0.3 is 0 Å². The molecular weight excluding hydrogens is 323 g/mol. The Morgan fingerprint density at radius 2 is 2.05 bits per heavy atom. The number of nitrogens with one attached hydrogen (secondary N) is 1. The van der Waals surface area contributed by atoms with Crippen LogP contribution in [0.25, 0.3) is 0 Å². The molecule has 1 amide bonds. The highest BCUT2D eigenvalue weighted by Crippen LogP contribution is 2.33. The molecule has 5 heteroatoms. The van der Waals surface area contributed by atoms with E-state index < -0.39 is 0 Å². The molecule has 2 rings (SSSR count). The number of benzene rings is 1. The van der Waals surface area contributed by atoms with E-state index in [1.54, 1.807) is 0 Å². The molecule has 0 unspecified atom stereocenters. The van der Waals surface area contributed by atoms with Gasteiger partial charge in [-0.05, 0) is 61.1 Å². The van der Waals surface area contributed by atoms with Crippen molar-refractivity contribution in [1.29, 1.82) is 0 Å². The molecule has 0 bridgehead atoms. The van der Waals surface area contributed by atoms with E-state index in [0.29, 0.717) is 16.6 Å². The van der Waals surface area contributed by atoms with Gasteiger partial charge in [-0.1, -0.05) is 12.8 Å². The first-order valence-electron chi connectivity index (χ1n) is 6.85. The van der Waals surface area contributed by atoms with Crippen molar-refractivity contribution < 1.29 is 9.18 Å². The maximum Gasteiger partial charge on any atom is 0.251 e. The summed E-state index contributed by atoms with van der Waals surface area (Å²) in [5.41, 5.74) is 0.539. The summed E-state index contributed by atoms with van der Waals surface area (Å²) in [5, 5.41) is 2.99. The van der Waals surface area contributed by atoms with E-state index in [1.807, 2.05) is 0 Å². The Bertz CT molecular complexity index is 499. The summed E-state index contributed by atoms with van der Waals surface area (Å²) < 4.78 is 13.5. The number of hydrogen-bond acceptors (Lipinski definition) is 2. The number of carbonyl (C=O) groups excluding carboxylic acids is 1. The Labute approximate surface area is 127 Å². The van der Waals surface area contributed by atoms with Crippen LogP contribution >= 0.6 is 15.9 Å². The van der Waals surface area contributed by atoms with Crippen molar-refractivity contribution in [2.45, 2.75) is 31.2 Å². The SMILES string of the molecule is CN(C)C1(CNC(=O)c2ccc(F)c(Br)c2)CCCC1. The number of nitrogens with zero attached hydrogens (tertiary/aromatic N) is 1. The molecule has 0 saturated heterocycles. The summed E-state index contributed by atoms with van der Waals surface area (Å²) in [6.07, 6.45) is 4.62. The Hall–Kier alpha value is -0.940. The normalized spacial score (nSPS) is 17.4. The first kappa shape index (κ1) is 15.4. The third-order valence-electron chi connectivity index (χ3n) is 4.24. The maximum absolute atomic E-state index is 13.2. The van der Waals surface area contributed by atoms with Crippen molar-refractivity contribution in [3.8, 4) is 0 Å². The minimum Gasteiger partial charge on any atom is -0.350 e. The minimum absolute atomic E-state index is 0.0624. The first-order valence-corrected chi connectivity index (χ1v) is 7.65. The van der Waals surface area contributed by atoms with Gasteiger partial charge in [0.05, 0.1) is 4.47 Å². The van der Waals surface area contributed by atoms with Crippen LogP contribution in [-0.2, 0) is 0 Å². The highest BCUT2D eigenvalue weighted by molar-refractivity contribution is 9.10. The fourth-order valence-electron chi connectivity index (χ4n) is 2.80. The third kappa shape index (κ3) is 3.20. The molecule has 1 aliphatic carbocycles. The average Bonchev–Trinajstić information content (AvgIpc) is 2.89. The molecule has 1 aromatic rings. The van der Waals surface area contributed by atoms with Gasteiger partial charge in [-0.25, -0.2) is 4.39 Å². The fourth-order valence-corrected chi connectivity index (χ4v) is 3.18. The van der Waals surface area contributed by atoms with E-state index in [9.17, 15) is 9.18 Å². The van der Waals surface area contributed by atoms with Gasteiger partial charge in [0.2, 0.25) is 0 Å². The van der Waals surface area contributed by atoms with Crippen molar-refractivity contribution in [3.63, 3.8) is 0 Å². The topological polar surface area (TPSA) is 32.3 Å². The Kier molecular flexibility index (Phi) is 4.81. The summed E-state index contributed by atoms with van der Waals surface area (Å²) in [6.45, 7) is 0.633. The zero-order valence-electron chi connectivity index (χ0n) is 11.9. The van der Waals surface area contributed by atoms with Gasteiger partial charge < -0.3 is 10.2 Å². The summed E-state index contributed by atoms with van der Waals surface area (Å²) in [6, 6.07) is 4.32. The molecule has 0 aromatic heterocycles. The summed E-state index contributed by atoms with van der Waals surface area (Å²) >= 11 is 3.10. The molecule has 0 aliphatic heterocycles. The largest absolute Gasteiger partial charge is 0.350 e. The molecule has 1 aliphatic rings. The van der Waals surface area contributed by atoms with Crippen LogP contribution in [0.2, 0.25) is 0 Å². The summed E-state index contributed by atoms with van der Waals surface area (Å²) in [7, 11) is 4.12. The summed E-state index contributed by atoms with van der Waals surface area (Å²) in [5.74, 6) is -0.513. The quantitative estimate of drug-likeness (QED) is 0.911. The van der Waals surface area contributed by atoms with E-state index >= 15 is 0 Å². The molecule has 110 valence electrons. The monoisotopic (exact) mass is 342 g/mol. The molecule has 1 aromatic carbocycles. The predicted octanol–water partition coefficient (Wildman–Crippen LogP) is 3.19. The van der Waals surface area contributed by atoms with Gasteiger partial charge in [0, 0.05) is 17.6 Å². The van der Waals surface area contributed by atoms with Crippen molar-refractivity contribution in [2.24, 2.45) is 0 Å². The van der Waals surface area contributed by atoms with E-state index in [-0.39, 0.29) is 17.3 Å². The number of rotatable bonds is 4. The smallest absolute Gasteiger partial charge is 0.251 e. The van der Waals surface area contributed by atoms with Crippen LogP contribution in [0.15, 0.2) is 22.7 Å². The second kappa shape index (κ2) is 6.22. The number of hydrogen-bond donors (Lipinski definition) is 1. The zero-order chi connectivity index (χ0) is 14.8. The number of likely N-dealkylation sites (N-methyl/N-ethyl adjacent to an activating group) is 1. The zero-order valence-corrected chi connectivity index (χ0v) is 13.5. The highest BCUT2D eigenvalue weighted by Gasteiger charge is 2.36. The van der Waals surface area contributed by atoms with Crippen molar-refractivity contribution in [2.75, 3.05) is 20.6 Å². The molecular formula is C15H20BrFN2O. The minimum atomic E-state index is -0.359. The lowest BCUT2D eigenvalue weighted by Gasteiger charge is -2.36. The van der Waals surface area contributed by atoms with Gasteiger partial charge in [-0.3, -0.25) is 4.79 Å². The highest BCUT2D eigenvalue weighted by atomic mass is 79.9. The van der Waals surface area contributed by atoms with Crippen molar-refractivity contribution >= 4 is 21.8 Å². The number of carbonyl (C=O) groups is 1.